The lowest BCUT2D eigenvalue weighted by molar-refractivity contribution is -0.282. The van der Waals surface area contributed by atoms with Gasteiger partial charge in [0.05, 0.1) is 6.10 Å². The van der Waals surface area contributed by atoms with Crippen LogP contribution in [0.2, 0.25) is 0 Å². The summed E-state index contributed by atoms with van der Waals surface area (Å²) < 4.78 is 40.2. The summed E-state index contributed by atoms with van der Waals surface area (Å²) in [6, 6.07) is 0. The molecule has 0 aliphatic heterocycles. The molecule has 4 rings (SSSR count). The molecule has 0 aromatic rings. The van der Waals surface area contributed by atoms with Crippen molar-refractivity contribution in [2.75, 3.05) is 0 Å². The second-order valence-electron chi connectivity index (χ2n) is 11.4. The molecule has 0 amide bonds. The zero-order valence-electron chi connectivity index (χ0n) is 18.5. The van der Waals surface area contributed by atoms with Crippen molar-refractivity contribution < 1.29 is 23.4 Å². The van der Waals surface area contributed by atoms with Crippen LogP contribution in [0.4, 0.5) is 13.2 Å². The third-order valence-corrected chi connectivity index (χ3v) is 10.3. The smallest absolute Gasteiger partial charge is 0.393 e. The highest BCUT2D eigenvalue weighted by molar-refractivity contribution is 5.08. The SMILES string of the molecule is C=CC[C@@H](O)[C@@H](C)[C@H]1CC[C@H]2[C@@H]3CC[C@@H]4C[C@@](O)(C(F)(F)F)CC[C@@H]4[C@H]3CC[C@]12C. The first kappa shape index (κ1) is 22.6. The first-order valence-corrected chi connectivity index (χ1v) is 12.1. The third kappa shape index (κ3) is 3.46. The molecule has 2 nitrogen and oxygen atoms in total. The first-order valence-electron chi connectivity index (χ1n) is 12.1. The Hall–Kier alpha value is -0.550. The van der Waals surface area contributed by atoms with Crippen LogP contribution in [-0.4, -0.2) is 28.1 Å². The van der Waals surface area contributed by atoms with Crippen molar-refractivity contribution in [3.8, 4) is 0 Å². The van der Waals surface area contributed by atoms with Gasteiger partial charge in [0.15, 0.2) is 5.60 Å². The number of hydrogen-bond acceptors (Lipinski definition) is 2. The van der Waals surface area contributed by atoms with Crippen LogP contribution in [0.25, 0.3) is 0 Å². The van der Waals surface area contributed by atoms with Crippen molar-refractivity contribution >= 4 is 0 Å². The molecule has 0 spiro atoms. The number of alkyl halides is 3. The van der Waals surface area contributed by atoms with Crippen molar-refractivity contribution in [2.24, 2.45) is 46.8 Å². The van der Waals surface area contributed by atoms with E-state index in [0.29, 0.717) is 42.4 Å². The molecule has 2 N–H and O–H groups in total. The molecule has 0 heterocycles. The molecule has 30 heavy (non-hydrogen) atoms. The van der Waals surface area contributed by atoms with E-state index in [1.165, 1.54) is 6.42 Å². The Labute approximate surface area is 179 Å². The van der Waals surface area contributed by atoms with Gasteiger partial charge < -0.3 is 10.2 Å². The van der Waals surface area contributed by atoms with E-state index in [0.717, 1.165) is 32.1 Å². The monoisotopic (exact) mass is 428 g/mol. The summed E-state index contributed by atoms with van der Waals surface area (Å²) in [6.07, 6.45) is 4.29. The average molecular weight is 429 g/mol. The van der Waals surface area contributed by atoms with Crippen molar-refractivity contribution in [1.82, 2.24) is 0 Å². The fourth-order valence-corrected chi connectivity index (χ4v) is 8.69. The second-order valence-corrected chi connectivity index (χ2v) is 11.4. The Kier molecular flexibility index (Phi) is 5.88. The molecule has 0 bridgehead atoms. The van der Waals surface area contributed by atoms with Crippen molar-refractivity contribution in [3.05, 3.63) is 12.7 Å². The van der Waals surface area contributed by atoms with E-state index in [-0.39, 0.29) is 36.2 Å². The number of aliphatic hydroxyl groups excluding tert-OH is 1. The van der Waals surface area contributed by atoms with Crippen LogP contribution in [0.15, 0.2) is 12.7 Å². The van der Waals surface area contributed by atoms with Gasteiger partial charge in [-0.3, -0.25) is 0 Å². The lowest BCUT2D eigenvalue weighted by atomic mass is 9.48. The second kappa shape index (κ2) is 7.79. The van der Waals surface area contributed by atoms with Gasteiger partial charge in [0, 0.05) is 0 Å². The van der Waals surface area contributed by atoms with E-state index >= 15 is 0 Å². The molecule has 0 aromatic carbocycles. The largest absolute Gasteiger partial charge is 0.417 e. The minimum Gasteiger partial charge on any atom is -0.393 e. The molecule has 172 valence electrons. The topological polar surface area (TPSA) is 40.5 Å². The Bertz CT molecular complexity index is 649. The highest BCUT2D eigenvalue weighted by Crippen LogP contribution is 2.66. The molecule has 5 heteroatoms. The zero-order valence-corrected chi connectivity index (χ0v) is 18.5. The fraction of sp³-hybridized carbons (Fsp3) is 0.920. The minimum atomic E-state index is -4.51. The van der Waals surface area contributed by atoms with E-state index < -0.39 is 11.8 Å². The van der Waals surface area contributed by atoms with Gasteiger partial charge in [-0.05, 0) is 111 Å². The molecular weight excluding hydrogens is 389 g/mol. The first-order chi connectivity index (χ1) is 14.0. The number of rotatable bonds is 4. The summed E-state index contributed by atoms with van der Waals surface area (Å²) in [6.45, 7) is 8.40. The van der Waals surface area contributed by atoms with Crippen LogP contribution >= 0.6 is 0 Å². The van der Waals surface area contributed by atoms with Gasteiger partial charge in [0.1, 0.15) is 0 Å². The molecule has 0 saturated heterocycles. The maximum Gasteiger partial charge on any atom is 0.417 e. The summed E-state index contributed by atoms with van der Waals surface area (Å²) >= 11 is 0. The summed E-state index contributed by atoms with van der Waals surface area (Å²) in [7, 11) is 0. The van der Waals surface area contributed by atoms with Crippen LogP contribution in [0.5, 0.6) is 0 Å². The maximum atomic E-state index is 13.4. The van der Waals surface area contributed by atoms with Gasteiger partial charge in [0.2, 0.25) is 0 Å². The molecule has 4 aliphatic carbocycles. The van der Waals surface area contributed by atoms with Gasteiger partial charge >= 0.3 is 6.18 Å². The number of hydrogen-bond donors (Lipinski definition) is 2. The summed E-state index contributed by atoms with van der Waals surface area (Å²) in [5, 5.41) is 20.9. The Balaban J connectivity index is 1.49. The van der Waals surface area contributed by atoms with E-state index in [1.54, 1.807) is 6.08 Å². The summed E-state index contributed by atoms with van der Waals surface area (Å²) in [5.74, 6) is 2.88. The normalized spacial score (nSPS) is 48.2. The predicted molar refractivity (Wildman–Crippen MR) is 112 cm³/mol. The average Bonchev–Trinajstić information content (AvgIpc) is 3.03. The van der Waals surface area contributed by atoms with Crippen molar-refractivity contribution in [3.63, 3.8) is 0 Å². The molecule has 4 aliphatic rings. The number of fused-ring (bicyclic) bond motifs is 5. The zero-order chi connectivity index (χ0) is 21.9. The van der Waals surface area contributed by atoms with Crippen LogP contribution in [0.1, 0.15) is 78.1 Å². The van der Waals surface area contributed by atoms with Crippen molar-refractivity contribution in [2.45, 2.75) is 95.9 Å². The highest BCUT2D eigenvalue weighted by Gasteiger charge is 2.62. The van der Waals surface area contributed by atoms with Crippen LogP contribution in [0, 0.1) is 46.8 Å². The third-order valence-electron chi connectivity index (χ3n) is 10.3. The van der Waals surface area contributed by atoms with E-state index in [4.69, 9.17) is 0 Å². The standard InChI is InChI=1S/C25H39F3O2/c1-4-5-22(29)15(2)20-8-9-21-19-7-6-16-14-24(30,25(26,27)28)13-11-17(16)18(19)10-12-23(20,21)3/h4,15-22,29-30H,1,5-14H2,2-3H3/t15-,16+,17-,18+,19+,20+,21-,22+,23+,24+/m0/s1. The molecule has 0 unspecified atom stereocenters. The molecular formula is C25H39F3O2. The van der Waals surface area contributed by atoms with Crippen LogP contribution < -0.4 is 0 Å². The Morgan fingerprint density at radius 1 is 1.03 bits per heavy atom. The predicted octanol–water partition coefficient (Wildman–Crippen LogP) is 6.12. The van der Waals surface area contributed by atoms with E-state index in [1.807, 2.05) is 0 Å². The van der Waals surface area contributed by atoms with E-state index in [2.05, 4.69) is 20.4 Å². The quantitative estimate of drug-likeness (QED) is 0.530. The molecule has 10 atom stereocenters. The van der Waals surface area contributed by atoms with Gasteiger partial charge in [0.25, 0.3) is 0 Å². The summed E-state index contributed by atoms with van der Waals surface area (Å²) in [4.78, 5) is 0. The lowest BCUT2D eigenvalue weighted by Crippen LogP contribution is -2.55. The van der Waals surface area contributed by atoms with E-state index in [9.17, 15) is 23.4 Å². The van der Waals surface area contributed by atoms with Gasteiger partial charge in [-0.15, -0.1) is 6.58 Å². The van der Waals surface area contributed by atoms with Crippen molar-refractivity contribution in [1.29, 1.82) is 0 Å². The van der Waals surface area contributed by atoms with Crippen LogP contribution in [-0.2, 0) is 0 Å². The number of halogens is 3. The van der Waals surface area contributed by atoms with Gasteiger partial charge in [-0.25, -0.2) is 0 Å². The molecule has 4 saturated carbocycles. The maximum absolute atomic E-state index is 13.4. The number of aliphatic hydroxyl groups is 2. The summed E-state index contributed by atoms with van der Waals surface area (Å²) in [5.41, 5.74) is -2.24. The Morgan fingerprint density at radius 3 is 2.40 bits per heavy atom. The Morgan fingerprint density at radius 2 is 1.73 bits per heavy atom. The van der Waals surface area contributed by atoms with Gasteiger partial charge in [-0.2, -0.15) is 13.2 Å². The molecule has 0 aromatic heterocycles. The molecule has 4 fully saturated rings. The molecule has 0 radical (unpaired) electrons. The van der Waals surface area contributed by atoms with Gasteiger partial charge in [-0.1, -0.05) is 19.9 Å². The lowest BCUT2D eigenvalue weighted by Gasteiger charge is -2.57. The van der Waals surface area contributed by atoms with Crippen LogP contribution in [0.3, 0.4) is 0 Å². The highest BCUT2D eigenvalue weighted by atomic mass is 19.4. The minimum absolute atomic E-state index is 0.0153. The fourth-order valence-electron chi connectivity index (χ4n) is 8.69.